The van der Waals surface area contributed by atoms with Gasteiger partial charge < -0.3 is 19.6 Å². The average molecular weight is 529 g/mol. The maximum atomic E-state index is 12.6. The predicted octanol–water partition coefficient (Wildman–Crippen LogP) is 5.96. The molecule has 39 heavy (non-hydrogen) atoms. The molecule has 0 atom stereocenters. The fourth-order valence-corrected chi connectivity index (χ4v) is 5.21. The van der Waals surface area contributed by atoms with Gasteiger partial charge in [-0.1, -0.05) is 69.2 Å². The Hall–Kier alpha value is -3.74. The van der Waals surface area contributed by atoms with Crippen molar-refractivity contribution in [2.75, 3.05) is 6.54 Å². The van der Waals surface area contributed by atoms with Gasteiger partial charge in [-0.2, -0.15) is 0 Å². The molecule has 0 bridgehead atoms. The Labute approximate surface area is 230 Å². The van der Waals surface area contributed by atoms with Crippen LogP contribution in [0.2, 0.25) is 0 Å². The summed E-state index contributed by atoms with van der Waals surface area (Å²) < 4.78 is 5.63. The van der Waals surface area contributed by atoms with Gasteiger partial charge in [-0.3, -0.25) is 9.78 Å². The van der Waals surface area contributed by atoms with Crippen molar-refractivity contribution in [3.63, 3.8) is 0 Å². The van der Waals surface area contributed by atoms with Crippen LogP contribution in [0.3, 0.4) is 0 Å². The van der Waals surface area contributed by atoms with Crippen molar-refractivity contribution in [2.45, 2.75) is 77.0 Å². The predicted molar refractivity (Wildman–Crippen MR) is 149 cm³/mol. The van der Waals surface area contributed by atoms with Crippen molar-refractivity contribution in [3.05, 3.63) is 78.0 Å². The molecule has 0 unspecified atom stereocenters. The number of nitrogens with zero attached hydrogens (tertiary/aromatic N) is 2. The molecular weight excluding hydrogens is 490 g/mol. The first kappa shape index (κ1) is 28.3. The third kappa shape index (κ3) is 8.91. The van der Waals surface area contributed by atoms with E-state index < -0.39 is 5.97 Å². The number of carboxylic acid groups (broad SMARTS) is 1. The number of amides is 1. The van der Waals surface area contributed by atoms with Crippen LogP contribution >= 0.6 is 0 Å². The zero-order chi connectivity index (χ0) is 27.3. The van der Waals surface area contributed by atoms with E-state index in [0.717, 1.165) is 53.9 Å². The molecule has 7 nitrogen and oxygen atoms in total. The van der Waals surface area contributed by atoms with Gasteiger partial charge in [-0.25, -0.2) is 4.98 Å². The lowest BCUT2D eigenvalue weighted by molar-refractivity contribution is -0.305. The maximum Gasteiger partial charge on any atom is 0.273 e. The Kier molecular flexibility index (Phi) is 10.9. The van der Waals surface area contributed by atoms with E-state index in [0.29, 0.717) is 18.9 Å². The van der Waals surface area contributed by atoms with Crippen LogP contribution in [0.15, 0.2) is 65.5 Å². The second-order valence-corrected chi connectivity index (χ2v) is 10.3. The van der Waals surface area contributed by atoms with Gasteiger partial charge in [-0.05, 0) is 67.4 Å². The molecule has 1 aliphatic rings. The number of aliphatic carboxylic acids is 1. The summed E-state index contributed by atoms with van der Waals surface area (Å²) in [5, 5.41) is 13.6. The zero-order valence-corrected chi connectivity index (χ0v) is 22.6. The summed E-state index contributed by atoms with van der Waals surface area (Å²) in [5.41, 5.74) is 4.08. The van der Waals surface area contributed by atoms with Gasteiger partial charge in [0.15, 0.2) is 5.69 Å². The average Bonchev–Trinajstić information content (AvgIpc) is 3.46. The lowest BCUT2D eigenvalue weighted by Crippen LogP contribution is -2.24. The Balaban J connectivity index is 1.32. The lowest BCUT2D eigenvalue weighted by Gasteiger charge is -2.21. The van der Waals surface area contributed by atoms with Gasteiger partial charge >= 0.3 is 0 Å². The van der Waals surface area contributed by atoms with Crippen LogP contribution in [0.1, 0.15) is 98.7 Å². The molecule has 1 aliphatic carbocycles. The number of carbonyl (C=O) groups is 2. The molecule has 1 fully saturated rings. The lowest BCUT2D eigenvalue weighted by atomic mass is 9.86. The zero-order valence-electron chi connectivity index (χ0n) is 22.6. The summed E-state index contributed by atoms with van der Waals surface area (Å²) in [5.74, 6) is 0.0495. The molecule has 206 valence electrons. The maximum absolute atomic E-state index is 12.6. The molecule has 7 heteroatoms. The van der Waals surface area contributed by atoms with Crippen molar-refractivity contribution >= 4 is 17.4 Å². The van der Waals surface area contributed by atoms with E-state index in [4.69, 9.17) is 4.42 Å². The summed E-state index contributed by atoms with van der Waals surface area (Å²) in [7, 11) is 0. The van der Waals surface area contributed by atoms with E-state index >= 15 is 0 Å². The molecular formula is C32H38N3O4-. The van der Waals surface area contributed by atoms with Crippen molar-refractivity contribution in [3.8, 4) is 11.5 Å². The van der Waals surface area contributed by atoms with Gasteiger partial charge in [0.2, 0.25) is 5.89 Å². The number of aromatic nitrogens is 2. The Bertz CT molecular complexity index is 1210. The molecule has 2 heterocycles. The van der Waals surface area contributed by atoms with Crippen LogP contribution in [0, 0.1) is 5.92 Å². The molecule has 0 spiro atoms. The molecule has 0 radical (unpaired) electrons. The van der Waals surface area contributed by atoms with Crippen LogP contribution in [0.5, 0.6) is 0 Å². The minimum atomic E-state index is -1.01. The molecule has 4 rings (SSSR count). The second kappa shape index (κ2) is 15.0. The summed E-state index contributed by atoms with van der Waals surface area (Å²) >= 11 is 0. The summed E-state index contributed by atoms with van der Waals surface area (Å²) in [4.78, 5) is 31.9. The van der Waals surface area contributed by atoms with Crippen LogP contribution in [-0.4, -0.2) is 28.4 Å². The van der Waals surface area contributed by atoms with Crippen LogP contribution in [0.25, 0.3) is 17.0 Å². The number of oxazole rings is 1. The minimum absolute atomic E-state index is 0.0708. The molecule has 1 N–H and O–H groups in total. The number of allylic oxidation sites excluding steroid dienone is 1. The van der Waals surface area contributed by atoms with Crippen LogP contribution in [0.4, 0.5) is 0 Å². The standard InChI is InChI=1S/C32H39N3O4/c36-30(37)15-6-2-5-14-28(27-13-9-20-33-22-27)25-16-18-26(19-17-25)32-35-29(23-39-32)31(38)34-21-8-7-12-24-10-3-1-4-11-24/h9,13-14,16-20,22-24H,1-8,10-12,15,21H2,(H,34,38)(H,36,37)/p-1/b28-14+. The normalized spacial score (nSPS) is 14.3. The molecule has 3 aromatic rings. The largest absolute Gasteiger partial charge is 0.550 e. The third-order valence-electron chi connectivity index (χ3n) is 7.39. The highest BCUT2D eigenvalue weighted by Gasteiger charge is 2.15. The number of unbranched alkanes of at least 4 members (excludes halogenated alkanes) is 3. The van der Waals surface area contributed by atoms with Crippen molar-refractivity contribution in [1.29, 1.82) is 0 Å². The molecule has 1 amide bonds. The minimum Gasteiger partial charge on any atom is -0.550 e. The van der Waals surface area contributed by atoms with E-state index in [1.807, 2.05) is 42.6 Å². The fourth-order valence-electron chi connectivity index (χ4n) is 5.21. The Morgan fingerprint density at radius 1 is 1.00 bits per heavy atom. The first-order valence-corrected chi connectivity index (χ1v) is 14.2. The van der Waals surface area contributed by atoms with E-state index in [2.05, 4.69) is 21.4 Å². The number of rotatable bonds is 14. The van der Waals surface area contributed by atoms with Gasteiger partial charge in [0.25, 0.3) is 5.91 Å². The first-order valence-electron chi connectivity index (χ1n) is 14.2. The number of benzene rings is 1. The number of hydrogen-bond donors (Lipinski definition) is 1. The number of carboxylic acids is 1. The molecule has 1 saturated carbocycles. The number of nitrogens with one attached hydrogen (secondary N) is 1. The van der Waals surface area contributed by atoms with Crippen LogP contribution in [-0.2, 0) is 4.79 Å². The Morgan fingerprint density at radius 2 is 1.82 bits per heavy atom. The Morgan fingerprint density at radius 3 is 2.56 bits per heavy atom. The fraction of sp³-hybridized carbons (Fsp3) is 0.438. The SMILES string of the molecule is O=C([O-])CCCC/C=C(\c1ccc(-c2nc(C(=O)NCCCCC3CCCCC3)co2)cc1)c1cccnc1. The molecule has 0 saturated heterocycles. The summed E-state index contributed by atoms with van der Waals surface area (Å²) in [6.45, 7) is 0.652. The third-order valence-corrected chi connectivity index (χ3v) is 7.39. The van der Waals surface area contributed by atoms with E-state index in [1.165, 1.54) is 44.8 Å². The first-order chi connectivity index (χ1) is 19.1. The second-order valence-electron chi connectivity index (χ2n) is 10.3. The van der Waals surface area contributed by atoms with Gasteiger partial charge in [-0.15, -0.1) is 0 Å². The molecule has 0 aliphatic heterocycles. The van der Waals surface area contributed by atoms with E-state index in [1.54, 1.807) is 6.20 Å². The summed E-state index contributed by atoms with van der Waals surface area (Å²) in [6.07, 6.45) is 19.5. The topological polar surface area (TPSA) is 108 Å². The number of hydrogen-bond acceptors (Lipinski definition) is 6. The quantitative estimate of drug-likeness (QED) is 0.259. The summed E-state index contributed by atoms with van der Waals surface area (Å²) in [6, 6.07) is 11.7. The van der Waals surface area contributed by atoms with E-state index in [-0.39, 0.29) is 18.0 Å². The molecule has 2 aromatic heterocycles. The highest BCUT2D eigenvalue weighted by atomic mass is 16.4. The number of pyridine rings is 1. The smallest absolute Gasteiger partial charge is 0.273 e. The highest BCUT2D eigenvalue weighted by molar-refractivity contribution is 5.92. The van der Waals surface area contributed by atoms with Gasteiger partial charge in [0.1, 0.15) is 6.26 Å². The van der Waals surface area contributed by atoms with Gasteiger partial charge in [0, 0.05) is 36.0 Å². The number of carbonyl (C=O) groups excluding carboxylic acids is 2. The van der Waals surface area contributed by atoms with Crippen molar-refractivity contribution in [1.82, 2.24) is 15.3 Å². The van der Waals surface area contributed by atoms with Crippen molar-refractivity contribution in [2.24, 2.45) is 5.92 Å². The van der Waals surface area contributed by atoms with Gasteiger partial charge in [0.05, 0.1) is 0 Å². The molecule has 1 aromatic carbocycles. The van der Waals surface area contributed by atoms with E-state index in [9.17, 15) is 14.7 Å². The monoisotopic (exact) mass is 528 g/mol. The van der Waals surface area contributed by atoms with Crippen molar-refractivity contribution < 1.29 is 19.1 Å². The highest BCUT2D eigenvalue weighted by Crippen LogP contribution is 2.28. The van der Waals surface area contributed by atoms with Crippen LogP contribution < -0.4 is 10.4 Å².